The molecule has 1 aromatic rings. The van der Waals surface area contributed by atoms with Crippen LogP contribution in [0.25, 0.3) is 0 Å². The van der Waals surface area contributed by atoms with E-state index in [4.69, 9.17) is 9.47 Å². The SMILES string of the molecule is CCOC(=O)c1nccn1NC(O)OC(C)(C)C. The Labute approximate surface area is 106 Å². The number of hydrogen-bond acceptors (Lipinski definition) is 6. The van der Waals surface area contributed by atoms with E-state index < -0.39 is 18.0 Å². The minimum atomic E-state index is -1.26. The van der Waals surface area contributed by atoms with Gasteiger partial charge in [-0.15, -0.1) is 0 Å². The van der Waals surface area contributed by atoms with Crippen LogP contribution in [0.4, 0.5) is 0 Å². The maximum atomic E-state index is 11.5. The van der Waals surface area contributed by atoms with Crippen molar-refractivity contribution in [2.45, 2.75) is 39.7 Å². The first-order valence-electron chi connectivity index (χ1n) is 5.66. The Kier molecular flexibility index (Phi) is 4.69. The molecule has 1 rings (SSSR count). The van der Waals surface area contributed by atoms with Crippen molar-refractivity contribution in [2.75, 3.05) is 12.0 Å². The van der Waals surface area contributed by atoms with Crippen molar-refractivity contribution in [2.24, 2.45) is 0 Å². The third kappa shape index (κ3) is 4.34. The van der Waals surface area contributed by atoms with Gasteiger partial charge in [0.15, 0.2) is 0 Å². The summed E-state index contributed by atoms with van der Waals surface area (Å²) in [6.07, 6.45) is 1.65. The van der Waals surface area contributed by atoms with Crippen molar-refractivity contribution in [1.82, 2.24) is 9.66 Å². The molecule has 1 heterocycles. The summed E-state index contributed by atoms with van der Waals surface area (Å²) in [5.74, 6) is -0.522. The standard InChI is InChI=1S/C11H19N3O4/c1-5-17-9(15)8-12-6-7-14(8)13-10(16)18-11(2,3)4/h6-7,10,13,16H,5H2,1-4H3. The molecule has 7 nitrogen and oxygen atoms in total. The first kappa shape index (κ1) is 14.5. The average molecular weight is 257 g/mol. The third-order valence-corrected chi connectivity index (χ3v) is 1.81. The number of nitrogens with zero attached hydrogens (tertiary/aromatic N) is 2. The summed E-state index contributed by atoms with van der Waals surface area (Å²) in [4.78, 5) is 15.4. The van der Waals surface area contributed by atoms with E-state index in [-0.39, 0.29) is 12.4 Å². The number of hydrogen-bond donors (Lipinski definition) is 2. The molecule has 0 aliphatic rings. The molecule has 0 spiro atoms. The minimum Gasteiger partial charge on any atom is -0.460 e. The highest BCUT2D eigenvalue weighted by Crippen LogP contribution is 2.09. The molecule has 18 heavy (non-hydrogen) atoms. The predicted octanol–water partition coefficient (Wildman–Crippen LogP) is 0.694. The Morgan fingerprint density at radius 3 is 2.83 bits per heavy atom. The molecule has 0 radical (unpaired) electrons. The molecule has 1 unspecified atom stereocenters. The number of aromatic nitrogens is 2. The fourth-order valence-corrected chi connectivity index (χ4v) is 1.23. The van der Waals surface area contributed by atoms with Crippen LogP contribution in [0, 0.1) is 0 Å². The zero-order chi connectivity index (χ0) is 13.8. The average Bonchev–Trinajstić information content (AvgIpc) is 2.62. The number of carbonyl (C=O) groups excluding carboxylic acids is 1. The number of nitrogens with one attached hydrogen (secondary N) is 1. The summed E-state index contributed by atoms with van der Waals surface area (Å²) in [5.41, 5.74) is 2.06. The van der Waals surface area contributed by atoms with Crippen LogP contribution < -0.4 is 5.43 Å². The molecular weight excluding hydrogens is 238 g/mol. The monoisotopic (exact) mass is 257 g/mol. The van der Waals surface area contributed by atoms with Gasteiger partial charge in [0.25, 0.3) is 0 Å². The number of rotatable bonds is 5. The van der Waals surface area contributed by atoms with E-state index in [2.05, 4.69) is 10.4 Å². The van der Waals surface area contributed by atoms with Crippen molar-refractivity contribution in [1.29, 1.82) is 0 Å². The molecule has 2 N–H and O–H groups in total. The van der Waals surface area contributed by atoms with Gasteiger partial charge in [-0.2, -0.15) is 0 Å². The Morgan fingerprint density at radius 1 is 1.61 bits per heavy atom. The van der Waals surface area contributed by atoms with Gasteiger partial charge in [-0.1, -0.05) is 0 Å². The highest BCUT2D eigenvalue weighted by molar-refractivity contribution is 5.85. The lowest BCUT2D eigenvalue weighted by atomic mass is 10.2. The van der Waals surface area contributed by atoms with Gasteiger partial charge in [0.2, 0.25) is 12.2 Å². The quantitative estimate of drug-likeness (QED) is 0.596. The van der Waals surface area contributed by atoms with Crippen molar-refractivity contribution in [3.63, 3.8) is 0 Å². The second-order valence-corrected chi connectivity index (χ2v) is 4.55. The fourth-order valence-electron chi connectivity index (χ4n) is 1.23. The fraction of sp³-hybridized carbons (Fsp3) is 0.636. The smallest absolute Gasteiger partial charge is 0.376 e. The molecule has 102 valence electrons. The van der Waals surface area contributed by atoms with Crippen LogP contribution in [0.1, 0.15) is 38.3 Å². The Hall–Kier alpha value is -1.60. The van der Waals surface area contributed by atoms with Crippen LogP contribution in [0.3, 0.4) is 0 Å². The second kappa shape index (κ2) is 5.83. The molecule has 0 amide bonds. The number of imidazole rings is 1. The van der Waals surface area contributed by atoms with Gasteiger partial charge >= 0.3 is 5.97 Å². The third-order valence-electron chi connectivity index (χ3n) is 1.81. The normalized spacial score (nSPS) is 13.2. The molecule has 0 saturated heterocycles. The van der Waals surface area contributed by atoms with Crippen LogP contribution in [0.5, 0.6) is 0 Å². The van der Waals surface area contributed by atoms with E-state index >= 15 is 0 Å². The lowest BCUT2D eigenvalue weighted by Crippen LogP contribution is -2.37. The number of aliphatic hydroxyl groups is 1. The zero-order valence-electron chi connectivity index (χ0n) is 11.0. The second-order valence-electron chi connectivity index (χ2n) is 4.55. The molecule has 0 aromatic carbocycles. The summed E-state index contributed by atoms with van der Waals surface area (Å²) in [5, 5.41) is 9.66. The van der Waals surface area contributed by atoms with E-state index in [1.165, 1.54) is 17.1 Å². The summed E-state index contributed by atoms with van der Waals surface area (Å²) in [6.45, 7) is 7.37. The molecule has 0 fully saturated rings. The highest BCUT2D eigenvalue weighted by Gasteiger charge is 2.19. The maximum Gasteiger partial charge on any atom is 0.376 e. The van der Waals surface area contributed by atoms with Crippen LogP contribution in [-0.2, 0) is 9.47 Å². The van der Waals surface area contributed by atoms with Gasteiger partial charge in [0.05, 0.1) is 12.2 Å². The number of aliphatic hydroxyl groups excluding tert-OH is 1. The van der Waals surface area contributed by atoms with Crippen LogP contribution in [0.15, 0.2) is 12.4 Å². The van der Waals surface area contributed by atoms with Gasteiger partial charge in [-0.25, -0.2) is 14.5 Å². The molecule has 7 heteroatoms. The first-order valence-corrected chi connectivity index (χ1v) is 5.66. The number of carbonyl (C=O) groups is 1. The van der Waals surface area contributed by atoms with E-state index in [1.54, 1.807) is 27.7 Å². The van der Waals surface area contributed by atoms with Crippen LogP contribution >= 0.6 is 0 Å². The Bertz CT molecular complexity index is 397. The van der Waals surface area contributed by atoms with E-state index in [0.717, 1.165) is 0 Å². The topological polar surface area (TPSA) is 85.6 Å². The molecule has 1 atom stereocenters. The maximum absolute atomic E-state index is 11.5. The number of esters is 1. The summed E-state index contributed by atoms with van der Waals surface area (Å²) >= 11 is 0. The summed E-state index contributed by atoms with van der Waals surface area (Å²) in [7, 11) is 0. The zero-order valence-corrected chi connectivity index (χ0v) is 11.0. The molecule has 0 bridgehead atoms. The molecule has 1 aromatic heterocycles. The predicted molar refractivity (Wildman–Crippen MR) is 64.4 cm³/mol. The lowest BCUT2D eigenvalue weighted by Gasteiger charge is -2.25. The largest absolute Gasteiger partial charge is 0.460 e. The van der Waals surface area contributed by atoms with Gasteiger partial charge in [-0.3, -0.25) is 5.43 Å². The van der Waals surface area contributed by atoms with E-state index in [1.807, 2.05) is 0 Å². The van der Waals surface area contributed by atoms with E-state index in [9.17, 15) is 9.90 Å². The van der Waals surface area contributed by atoms with Crippen molar-refractivity contribution >= 4 is 5.97 Å². The molecule has 0 saturated carbocycles. The Morgan fingerprint density at radius 2 is 2.28 bits per heavy atom. The molecular formula is C11H19N3O4. The molecule has 0 aliphatic carbocycles. The van der Waals surface area contributed by atoms with Crippen molar-refractivity contribution < 1.29 is 19.4 Å². The van der Waals surface area contributed by atoms with Gasteiger partial charge in [0.1, 0.15) is 0 Å². The van der Waals surface area contributed by atoms with Crippen molar-refractivity contribution in [3.8, 4) is 0 Å². The summed E-state index contributed by atoms with van der Waals surface area (Å²) < 4.78 is 11.3. The van der Waals surface area contributed by atoms with Crippen LogP contribution in [0.2, 0.25) is 0 Å². The van der Waals surface area contributed by atoms with Crippen molar-refractivity contribution in [3.05, 3.63) is 18.2 Å². The van der Waals surface area contributed by atoms with E-state index in [0.29, 0.717) is 0 Å². The Balaban J connectivity index is 2.68. The number of ether oxygens (including phenoxy) is 2. The summed E-state index contributed by atoms with van der Waals surface area (Å²) in [6, 6.07) is 0. The van der Waals surface area contributed by atoms with Gasteiger partial charge in [-0.05, 0) is 27.7 Å². The highest BCUT2D eigenvalue weighted by atomic mass is 16.6. The minimum absolute atomic E-state index is 0.0495. The lowest BCUT2D eigenvalue weighted by molar-refractivity contribution is -0.154. The molecule has 0 aliphatic heterocycles. The first-order chi connectivity index (χ1) is 8.33. The van der Waals surface area contributed by atoms with Gasteiger partial charge in [0, 0.05) is 12.4 Å². The van der Waals surface area contributed by atoms with Gasteiger partial charge < -0.3 is 14.6 Å². The van der Waals surface area contributed by atoms with Crippen LogP contribution in [-0.4, -0.2) is 39.4 Å².